The Hall–Kier alpha value is -1.95. The van der Waals surface area contributed by atoms with Gasteiger partial charge in [0.15, 0.2) is 0 Å². The topological polar surface area (TPSA) is 69.8 Å². The van der Waals surface area contributed by atoms with Gasteiger partial charge < -0.3 is 10.6 Å². The van der Waals surface area contributed by atoms with Gasteiger partial charge >= 0.3 is 6.03 Å². The van der Waals surface area contributed by atoms with Crippen molar-refractivity contribution in [3.63, 3.8) is 0 Å². The Morgan fingerprint density at radius 1 is 1.40 bits per heavy atom. The first-order valence-electron chi connectivity index (χ1n) is 6.57. The number of hydrogen-bond acceptors (Lipinski definition) is 3. The first kappa shape index (κ1) is 13.1. The van der Waals surface area contributed by atoms with Crippen LogP contribution in [0.4, 0.5) is 4.79 Å². The lowest BCUT2D eigenvalue weighted by Crippen LogP contribution is -2.38. The molecule has 1 aliphatic rings. The fraction of sp³-hybridized carbons (Fsp3) is 0.286. The number of thioether (sulfide) groups is 1. The van der Waals surface area contributed by atoms with Crippen LogP contribution >= 0.6 is 11.8 Å². The molecule has 2 amide bonds. The molecule has 2 heterocycles. The predicted molar refractivity (Wildman–Crippen MR) is 78.5 cm³/mol. The van der Waals surface area contributed by atoms with Gasteiger partial charge in [0.25, 0.3) is 0 Å². The van der Waals surface area contributed by atoms with Crippen molar-refractivity contribution in [3.8, 4) is 0 Å². The van der Waals surface area contributed by atoms with Crippen molar-refractivity contribution in [2.24, 2.45) is 0 Å². The molecule has 0 aliphatic carbocycles. The quantitative estimate of drug-likeness (QED) is 0.812. The van der Waals surface area contributed by atoms with Crippen molar-refractivity contribution >= 4 is 17.8 Å². The van der Waals surface area contributed by atoms with Crippen molar-refractivity contribution in [1.29, 1.82) is 0 Å². The first-order chi connectivity index (χ1) is 9.83. The number of aromatic amines is 1. The summed E-state index contributed by atoms with van der Waals surface area (Å²) in [5.41, 5.74) is 2.10. The highest BCUT2D eigenvalue weighted by atomic mass is 32.2. The predicted octanol–water partition coefficient (Wildman–Crippen LogP) is 2.45. The second kappa shape index (κ2) is 6.00. The van der Waals surface area contributed by atoms with Crippen molar-refractivity contribution in [2.75, 3.05) is 5.75 Å². The van der Waals surface area contributed by atoms with Crippen LogP contribution in [-0.2, 0) is 6.54 Å². The highest BCUT2D eigenvalue weighted by Gasteiger charge is 2.21. The van der Waals surface area contributed by atoms with Crippen molar-refractivity contribution in [1.82, 2.24) is 20.8 Å². The molecule has 1 aromatic carbocycles. The van der Waals surface area contributed by atoms with Crippen LogP contribution in [0.25, 0.3) is 0 Å². The van der Waals surface area contributed by atoms with Crippen LogP contribution in [0.15, 0.2) is 41.4 Å². The molecule has 2 aromatic rings. The number of hydrogen-bond donors (Lipinski definition) is 3. The van der Waals surface area contributed by atoms with Gasteiger partial charge in [-0.05, 0) is 24.1 Å². The SMILES string of the molecule is O=C(NCc1ccn[nH]1)NC1CCSc2ccccc21. The van der Waals surface area contributed by atoms with Crippen LogP contribution in [0.2, 0.25) is 0 Å². The minimum Gasteiger partial charge on any atom is -0.333 e. The van der Waals surface area contributed by atoms with E-state index in [0.717, 1.165) is 17.9 Å². The second-order valence-corrected chi connectivity index (χ2v) is 5.77. The number of rotatable bonds is 3. The highest BCUT2D eigenvalue weighted by Crippen LogP contribution is 2.35. The summed E-state index contributed by atoms with van der Waals surface area (Å²) >= 11 is 1.85. The van der Waals surface area contributed by atoms with E-state index in [1.165, 1.54) is 10.5 Å². The number of H-pyrrole nitrogens is 1. The molecule has 1 aliphatic heterocycles. The molecule has 0 saturated carbocycles. The summed E-state index contributed by atoms with van der Waals surface area (Å²) in [6.45, 7) is 0.453. The molecule has 0 bridgehead atoms. The van der Waals surface area contributed by atoms with Gasteiger partial charge in [-0.2, -0.15) is 5.10 Å². The van der Waals surface area contributed by atoms with Gasteiger partial charge in [0.1, 0.15) is 0 Å². The smallest absolute Gasteiger partial charge is 0.315 e. The van der Waals surface area contributed by atoms with Crippen molar-refractivity contribution in [3.05, 3.63) is 47.8 Å². The maximum Gasteiger partial charge on any atom is 0.315 e. The van der Waals surface area contributed by atoms with Crippen molar-refractivity contribution < 1.29 is 4.79 Å². The third-order valence-electron chi connectivity index (χ3n) is 3.26. The minimum absolute atomic E-state index is 0.0919. The van der Waals surface area contributed by atoms with E-state index in [0.29, 0.717) is 6.54 Å². The van der Waals surface area contributed by atoms with Gasteiger partial charge in [-0.1, -0.05) is 18.2 Å². The monoisotopic (exact) mass is 288 g/mol. The van der Waals surface area contributed by atoms with Crippen LogP contribution in [0.5, 0.6) is 0 Å². The Balaban J connectivity index is 1.59. The Morgan fingerprint density at radius 3 is 3.15 bits per heavy atom. The van der Waals surface area contributed by atoms with Crippen LogP contribution in [0.3, 0.4) is 0 Å². The Labute approximate surface area is 121 Å². The van der Waals surface area contributed by atoms with Crippen LogP contribution < -0.4 is 10.6 Å². The first-order valence-corrected chi connectivity index (χ1v) is 7.56. The third kappa shape index (κ3) is 2.96. The van der Waals surface area contributed by atoms with Crippen molar-refractivity contribution in [2.45, 2.75) is 23.9 Å². The molecule has 0 radical (unpaired) electrons. The molecule has 5 nitrogen and oxygen atoms in total. The zero-order valence-corrected chi connectivity index (χ0v) is 11.7. The molecular weight excluding hydrogens is 272 g/mol. The van der Waals surface area contributed by atoms with Gasteiger partial charge in [-0.25, -0.2) is 4.79 Å². The average Bonchev–Trinajstić information content (AvgIpc) is 2.99. The summed E-state index contributed by atoms with van der Waals surface area (Å²) in [4.78, 5) is 13.2. The molecule has 1 atom stereocenters. The number of nitrogens with zero attached hydrogens (tertiary/aromatic N) is 1. The average molecular weight is 288 g/mol. The van der Waals surface area contributed by atoms with Gasteiger partial charge in [-0.3, -0.25) is 5.10 Å². The maximum atomic E-state index is 12.0. The number of benzene rings is 1. The molecule has 0 fully saturated rings. The number of nitrogens with one attached hydrogen (secondary N) is 3. The number of carbonyl (C=O) groups excluding carboxylic acids is 1. The summed E-state index contributed by atoms with van der Waals surface area (Å²) in [5.74, 6) is 1.03. The number of fused-ring (bicyclic) bond motifs is 1. The lowest BCUT2D eigenvalue weighted by atomic mass is 10.0. The molecular formula is C14H16N4OS. The van der Waals surface area contributed by atoms with Gasteiger partial charge in [0.2, 0.25) is 0 Å². The second-order valence-electron chi connectivity index (χ2n) is 4.64. The van der Waals surface area contributed by atoms with E-state index in [1.807, 2.05) is 30.0 Å². The lowest BCUT2D eigenvalue weighted by molar-refractivity contribution is 0.236. The number of urea groups is 1. The molecule has 0 saturated heterocycles. The normalized spacial score (nSPS) is 17.3. The summed E-state index contributed by atoms with van der Waals surface area (Å²) in [6, 6.07) is 10.0. The van der Waals surface area contributed by atoms with E-state index in [-0.39, 0.29) is 12.1 Å². The van der Waals surface area contributed by atoms with E-state index < -0.39 is 0 Å². The number of aromatic nitrogens is 2. The summed E-state index contributed by atoms with van der Waals surface area (Å²) in [7, 11) is 0. The van der Waals surface area contributed by atoms with E-state index in [9.17, 15) is 4.79 Å². The lowest BCUT2D eigenvalue weighted by Gasteiger charge is -2.25. The Kier molecular flexibility index (Phi) is 3.92. The molecule has 3 rings (SSSR count). The van der Waals surface area contributed by atoms with E-state index in [4.69, 9.17) is 0 Å². The maximum absolute atomic E-state index is 12.0. The molecule has 1 aromatic heterocycles. The van der Waals surface area contributed by atoms with Gasteiger partial charge in [-0.15, -0.1) is 11.8 Å². The molecule has 0 spiro atoms. The third-order valence-corrected chi connectivity index (χ3v) is 4.38. The summed E-state index contributed by atoms with van der Waals surface area (Å²) in [6.07, 6.45) is 2.63. The molecule has 3 N–H and O–H groups in total. The van der Waals surface area contributed by atoms with Crippen LogP contribution in [0, 0.1) is 0 Å². The van der Waals surface area contributed by atoms with E-state index in [1.54, 1.807) is 6.20 Å². The highest BCUT2D eigenvalue weighted by molar-refractivity contribution is 7.99. The number of carbonyl (C=O) groups is 1. The fourth-order valence-corrected chi connectivity index (χ4v) is 3.39. The molecule has 104 valence electrons. The largest absolute Gasteiger partial charge is 0.333 e. The zero-order valence-electron chi connectivity index (χ0n) is 10.9. The molecule has 20 heavy (non-hydrogen) atoms. The summed E-state index contributed by atoms with van der Waals surface area (Å²) < 4.78 is 0. The Morgan fingerprint density at radius 2 is 2.30 bits per heavy atom. The van der Waals surface area contributed by atoms with Crippen LogP contribution in [0.1, 0.15) is 23.7 Å². The zero-order chi connectivity index (χ0) is 13.8. The van der Waals surface area contributed by atoms with E-state index >= 15 is 0 Å². The molecule has 6 heteroatoms. The summed E-state index contributed by atoms with van der Waals surface area (Å²) in [5, 5.41) is 12.5. The molecule has 1 unspecified atom stereocenters. The minimum atomic E-state index is -0.147. The number of amides is 2. The Bertz CT molecular complexity index is 585. The van der Waals surface area contributed by atoms with Crippen LogP contribution in [-0.4, -0.2) is 22.0 Å². The van der Waals surface area contributed by atoms with Gasteiger partial charge in [0, 0.05) is 16.8 Å². The van der Waals surface area contributed by atoms with E-state index in [2.05, 4.69) is 33.0 Å². The van der Waals surface area contributed by atoms with Gasteiger partial charge in [0.05, 0.1) is 18.3 Å². The fourth-order valence-electron chi connectivity index (χ4n) is 2.26. The standard InChI is InChI=1S/C14H16N4OS/c19-14(15-9-10-5-7-16-18-10)17-12-6-8-20-13-4-2-1-3-11(12)13/h1-5,7,12H,6,8-9H2,(H,16,18)(H2,15,17,19).